The van der Waals surface area contributed by atoms with Gasteiger partial charge in [0.1, 0.15) is 10.9 Å². The van der Waals surface area contributed by atoms with E-state index >= 15 is 0 Å². The second-order valence-electron chi connectivity index (χ2n) is 3.01. The van der Waals surface area contributed by atoms with E-state index in [9.17, 15) is 0 Å². The van der Waals surface area contributed by atoms with Gasteiger partial charge in [-0.05, 0) is 35.6 Å². The van der Waals surface area contributed by atoms with Crippen molar-refractivity contribution in [1.29, 1.82) is 5.26 Å². The summed E-state index contributed by atoms with van der Waals surface area (Å²) in [5.74, 6) is 0. The molecule has 14 heavy (non-hydrogen) atoms. The molecule has 0 unspecified atom stereocenters. The van der Waals surface area contributed by atoms with Gasteiger partial charge in [0.15, 0.2) is 0 Å². The van der Waals surface area contributed by atoms with Gasteiger partial charge in [-0.25, -0.2) is 0 Å². The summed E-state index contributed by atoms with van der Waals surface area (Å²) in [6, 6.07) is 8.28. The highest BCUT2D eigenvalue weighted by atomic mass is 79.9. The Kier molecular flexibility index (Phi) is 2.58. The number of halogens is 1. The Hall–Kier alpha value is -0.850. The first-order chi connectivity index (χ1) is 6.76. The van der Waals surface area contributed by atoms with Gasteiger partial charge in [-0.3, -0.25) is 0 Å². The Morgan fingerprint density at radius 3 is 2.93 bits per heavy atom. The third-order valence-corrected chi connectivity index (χ3v) is 3.97. The number of hydrogen-bond acceptors (Lipinski definition) is 2. The molecule has 0 N–H and O–H groups in total. The molecule has 1 aromatic carbocycles. The predicted molar refractivity (Wildman–Crippen MR) is 63.6 cm³/mol. The van der Waals surface area contributed by atoms with E-state index in [0.717, 1.165) is 15.8 Å². The minimum Gasteiger partial charge on any atom is -0.192 e. The zero-order valence-electron chi connectivity index (χ0n) is 7.67. The number of hydrogen-bond donors (Lipinski definition) is 0. The van der Waals surface area contributed by atoms with E-state index in [-0.39, 0.29) is 0 Å². The lowest BCUT2D eigenvalue weighted by molar-refractivity contribution is 1.15. The summed E-state index contributed by atoms with van der Waals surface area (Å²) in [5, 5.41) is 10.0. The highest BCUT2D eigenvalue weighted by Gasteiger charge is 2.07. The summed E-state index contributed by atoms with van der Waals surface area (Å²) in [4.78, 5) is 0.785. The van der Waals surface area contributed by atoms with E-state index in [1.54, 1.807) is 11.3 Å². The van der Waals surface area contributed by atoms with Crippen molar-refractivity contribution >= 4 is 37.4 Å². The first-order valence-electron chi connectivity index (χ1n) is 4.37. The fourth-order valence-electron chi connectivity index (χ4n) is 1.56. The largest absolute Gasteiger partial charge is 0.192 e. The molecule has 1 heterocycles. The van der Waals surface area contributed by atoms with Crippen LogP contribution in [0.4, 0.5) is 0 Å². The fraction of sp³-hybridized carbons (Fsp3) is 0.182. The maximum atomic E-state index is 8.82. The minimum absolute atomic E-state index is 0.785. The molecule has 0 radical (unpaired) electrons. The van der Waals surface area contributed by atoms with E-state index in [0.29, 0.717) is 0 Å². The Balaban J connectivity index is 2.81. The normalized spacial score (nSPS) is 10.4. The monoisotopic (exact) mass is 265 g/mol. The lowest BCUT2D eigenvalue weighted by Crippen LogP contribution is -1.82. The summed E-state index contributed by atoms with van der Waals surface area (Å²) in [7, 11) is 0. The molecule has 2 aromatic rings. The van der Waals surface area contributed by atoms with Crippen LogP contribution in [0.3, 0.4) is 0 Å². The van der Waals surface area contributed by atoms with E-state index < -0.39 is 0 Å². The molecule has 0 saturated carbocycles. The highest BCUT2D eigenvalue weighted by molar-refractivity contribution is 9.10. The van der Waals surface area contributed by atoms with Crippen LogP contribution in [0.1, 0.15) is 17.4 Å². The zero-order valence-corrected chi connectivity index (χ0v) is 10.1. The van der Waals surface area contributed by atoms with Crippen LogP contribution in [-0.2, 0) is 6.42 Å². The first-order valence-corrected chi connectivity index (χ1v) is 5.98. The van der Waals surface area contributed by atoms with Crippen molar-refractivity contribution < 1.29 is 0 Å². The van der Waals surface area contributed by atoms with Crippen LogP contribution in [0.2, 0.25) is 0 Å². The second kappa shape index (κ2) is 3.72. The third kappa shape index (κ3) is 1.45. The minimum atomic E-state index is 0.785. The predicted octanol–water partition coefficient (Wildman–Crippen LogP) is 4.10. The van der Waals surface area contributed by atoms with Gasteiger partial charge in [0.2, 0.25) is 0 Å². The number of nitrogens with zero attached hydrogens (tertiary/aromatic N) is 1. The molecule has 0 spiro atoms. The Labute approximate surface area is 95.1 Å². The van der Waals surface area contributed by atoms with Crippen molar-refractivity contribution in [2.75, 3.05) is 0 Å². The number of benzene rings is 1. The summed E-state index contributed by atoms with van der Waals surface area (Å²) in [5.41, 5.74) is 1.29. The van der Waals surface area contributed by atoms with Crippen molar-refractivity contribution in [3.8, 4) is 6.07 Å². The zero-order chi connectivity index (χ0) is 10.1. The maximum Gasteiger partial charge on any atom is 0.110 e. The molecule has 0 atom stereocenters. The molecule has 3 heteroatoms. The van der Waals surface area contributed by atoms with Gasteiger partial charge in [-0.15, -0.1) is 11.3 Å². The SMILES string of the molecule is CCc1c(Br)ccc2sc(C#N)cc12. The van der Waals surface area contributed by atoms with Crippen molar-refractivity contribution in [1.82, 2.24) is 0 Å². The van der Waals surface area contributed by atoms with Crippen molar-refractivity contribution in [3.05, 3.63) is 33.1 Å². The summed E-state index contributed by atoms with van der Waals surface area (Å²) >= 11 is 5.08. The van der Waals surface area contributed by atoms with Gasteiger partial charge in [-0.1, -0.05) is 22.9 Å². The highest BCUT2D eigenvalue weighted by Crippen LogP contribution is 2.32. The molecular weight excluding hydrogens is 258 g/mol. The average molecular weight is 266 g/mol. The van der Waals surface area contributed by atoms with E-state index in [4.69, 9.17) is 5.26 Å². The van der Waals surface area contributed by atoms with Crippen molar-refractivity contribution in [3.63, 3.8) is 0 Å². The molecule has 0 saturated heterocycles. The van der Waals surface area contributed by atoms with Crippen molar-refractivity contribution in [2.45, 2.75) is 13.3 Å². The van der Waals surface area contributed by atoms with Crippen molar-refractivity contribution in [2.24, 2.45) is 0 Å². The second-order valence-corrected chi connectivity index (χ2v) is 4.95. The summed E-state index contributed by atoms with van der Waals surface area (Å²) < 4.78 is 2.33. The molecule has 0 aliphatic heterocycles. The van der Waals surface area contributed by atoms with Crippen LogP contribution in [0.15, 0.2) is 22.7 Å². The standard InChI is InChI=1S/C11H8BrNS/c1-2-8-9-5-7(6-13)14-11(9)4-3-10(8)12/h3-5H,2H2,1H3. The molecule has 70 valence electrons. The first kappa shape index (κ1) is 9.70. The fourth-order valence-corrected chi connectivity index (χ4v) is 3.07. The number of thiophene rings is 1. The van der Waals surface area contributed by atoms with Crippen LogP contribution in [-0.4, -0.2) is 0 Å². The van der Waals surface area contributed by atoms with Crippen LogP contribution in [0.5, 0.6) is 0 Å². The van der Waals surface area contributed by atoms with Gasteiger partial charge in [0.25, 0.3) is 0 Å². The Morgan fingerprint density at radius 1 is 1.50 bits per heavy atom. The number of nitriles is 1. The van der Waals surface area contributed by atoms with Crippen LogP contribution in [0.25, 0.3) is 10.1 Å². The lowest BCUT2D eigenvalue weighted by Gasteiger charge is -2.01. The van der Waals surface area contributed by atoms with Gasteiger partial charge >= 0.3 is 0 Å². The van der Waals surface area contributed by atoms with Gasteiger partial charge in [0.05, 0.1) is 0 Å². The van der Waals surface area contributed by atoms with Gasteiger partial charge in [-0.2, -0.15) is 5.26 Å². The lowest BCUT2D eigenvalue weighted by atomic mass is 10.1. The van der Waals surface area contributed by atoms with E-state index in [1.807, 2.05) is 6.07 Å². The van der Waals surface area contributed by atoms with E-state index in [1.165, 1.54) is 15.6 Å². The molecule has 0 aliphatic rings. The molecule has 0 aliphatic carbocycles. The quantitative estimate of drug-likeness (QED) is 0.762. The van der Waals surface area contributed by atoms with Crippen LogP contribution in [0, 0.1) is 11.3 Å². The number of fused-ring (bicyclic) bond motifs is 1. The van der Waals surface area contributed by atoms with Gasteiger partial charge in [0, 0.05) is 9.17 Å². The molecule has 1 aromatic heterocycles. The molecule has 1 nitrogen and oxygen atoms in total. The third-order valence-electron chi connectivity index (χ3n) is 2.22. The van der Waals surface area contributed by atoms with Gasteiger partial charge < -0.3 is 0 Å². The van der Waals surface area contributed by atoms with Crippen LogP contribution >= 0.6 is 27.3 Å². The summed E-state index contributed by atoms with van der Waals surface area (Å²) in [6.45, 7) is 2.13. The smallest absolute Gasteiger partial charge is 0.110 e. The molecule has 2 rings (SSSR count). The Morgan fingerprint density at radius 2 is 2.29 bits per heavy atom. The average Bonchev–Trinajstić information content (AvgIpc) is 2.60. The molecule has 0 bridgehead atoms. The summed E-state index contributed by atoms with van der Waals surface area (Å²) in [6.07, 6.45) is 0.986. The Bertz CT molecular complexity index is 522. The van der Waals surface area contributed by atoms with Crippen LogP contribution < -0.4 is 0 Å². The number of aryl methyl sites for hydroxylation is 1. The maximum absolute atomic E-state index is 8.82. The molecular formula is C11H8BrNS. The topological polar surface area (TPSA) is 23.8 Å². The molecule has 0 amide bonds. The number of rotatable bonds is 1. The van der Waals surface area contributed by atoms with E-state index in [2.05, 4.69) is 41.1 Å². The molecule has 0 fully saturated rings.